The number of hydrogen-bond donors (Lipinski definition) is 1. The molecule has 2 rings (SSSR count). The van der Waals surface area contributed by atoms with Gasteiger partial charge in [0.1, 0.15) is 5.82 Å². The number of benzene rings is 1. The lowest BCUT2D eigenvalue weighted by molar-refractivity contribution is -0.137. The van der Waals surface area contributed by atoms with Crippen LogP contribution in [-0.2, 0) is 6.18 Å². The zero-order chi connectivity index (χ0) is 14.0. The van der Waals surface area contributed by atoms with Gasteiger partial charge in [-0.1, -0.05) is 0 Å². The van der Waals surface area contributed by atoms with Gasteiger partial charge in [-0.25, -0.2) is 4.39 Å². The first-order chi connectivity index (χ1) is 8.88. The van der Waals surface area contributed by atoms with Gasteiger partial charge in [-0.05, 0) is 44.6 Å². The molecule has 1 aliphatic heterocycles. The predicted molar refractivity (Wildman–Crippen MR) is 65.5 cm³/mol. The predicted octanol–water partition coefficient (Wildman–Crippen LogP) is 3.35. The van der Waals surface area contributed by atoms with E-state index in [4.69, 9.17) is 0 Å². The van der Waals surface area contributed by atoms with Crippen LogP contribution in [-0.4, -0.2) is 31.1 Å². The quantitative estimate of drug-likeness (QED) is 0.852. The average molecular weight is 276 g/mol. The molecule has 0 radical (unpaired) electrons. The fourth-order valence-corrected chi connectivity index (χ4v) is 2.30. The molecular formula is C13H16F4N2. The minimum Gasteiger partial charge on any atom is -0.381 e. The number of likely N-dealkylation sites (N-methyl/N-ethyl adjacent to an activating group) is 1. The number of rotatable bonds is 3. The van der Waals surface area contributed by atoms with Crippen LogP contribution in [0, 0.1) is 5.82 Å². The molecule has 1 heterocycles. The Morgan fingerprint density at radius 2 is 2.11 bits per heavy atom. The first-order valence-corrected chi connectivity index (χ1v) is 6.19. The molecule has 19 heavy (non-hydrogen) atoms. The van der Waals surface area contributed by atoms with Gasteiger partial charge in [0.25, 0.3) is 0 Å². The van der Waals surface area contributed by atoms with Gasteiger partial charge in [0, 0.05) is 12.6 Å². The van der Waals surface area contributed by atoms with E-state index in [9.17, 15) is 17.6 Å². The zero-order valence-electron chi connectivity index (χ0n) is 10.6. The van der Waals surface area contributed by atoms with Gasteiger partial charge in [-0.15, -0.1) is 0 Å². The molecule has 0 aromatic heterocycles. The maximum absolute atomic E-state index is 13.6. The molecule has 0 saturated carbocycles. The summed E-state index contributed by atoms with van der Waals surface area (Å²) in [4.78, 5) is 2.16. The van der Waals surface area contributed by atoms with Gasteiger partial charge in [0.15, 0.2) is 0 Å². The average Bonchev–Trinajstić information content (AvgIpc) is 2.72. The van der Waals surface area contributed by atoms with Crippen molar-refractivity contribution < 1.29 is 17.6 Å². The zero-order valence-corrected chi connectivity index (χ0v) is 10.6. The molecule has 2 nitrogen and oxygen atoms in total. The third-order valence-corrected chi connectivity index (χ3v) is 3.50. The summed E-state index contributed by atoms with van der Waals surface area (Å²) in [5, 5.41) is 2.88. The van der Waals surface area contributed by atoms with E-state index in [1.54, 1.807) is 0 Å². The molecule has 1 unspecified atom stereocenters. The second kappa shape index (κ2) is 5.36. The number of anilines is 1. The van der Waals surface area contributed by atoms with Crippen LogP contribution in [0.5, 0.6) is 0 Å². The smallest absolute Gasteiger partial charge is 0.381 e. The first kappa shape index (κ1) is 14.1. The summed E-state index contributed by atoms with van der Waals surface area (Å²) < 4.78 is 50.7. The highest BCUT2D eigenvalue weighted by Crippen LogP contribution is 2.31. The Morgan fingerprint density at radius 1 is 1.37 bits per heavy atom. The third kappa shape index (κ3) is 3.37. The van der Waals surface area contributed by atoms with E-state index in [1.807, 2.05) is 7.05 Å². The van der Waals surface area contributed by atoms with E-state index in [-0.39, 0.29) is 5.69 Å². The standard InChI is InChI=1S/C13H16F4N2/c1-19-6-2-3-10(19)8-18-12-5-4-9(7-11(12)14)13(15,16)17/h4-5,7,10,18H,2-3,6,8H2,1H3. The summed E-state index contributed by atoms with van der Waals surface area (Å²) in [5.74, 6) is -0.865. The van der Waals surface area contributed by atoms with Crippen molar-refractivity contribution in [3.05, 3.63) is 29.6 Å². The molecule has 1 aromatic rings. The van der Waals surface area contributed by atoms with Crippen molar-refractivity contribution in [1.82, 2.24) is 4.90 Å². The topological polar surface area (TPSA) is 15.3 Å². The number of halogens is 4. The fourth-order valence-electron chi connectivity index (χ4n) is 2.30. The number of hydrogen-bond acceptors (Lipinski definition) is 2. The molecule has 1 atom stereocenters. The molecule has 1 aromatic carbocycles. The lowest BCUT2D eigenvalue weighted by atomic mass is 10.1. The molecule has 0 aliphatic carbocycles. The highest BCUT2D eigenvalue weighted by Gasteiger charge is 2.31. The van der Waals surface area contributed by atoms with Crippen molar-refractivity contribution in [2.75, 3.05) is 25.5 Å². The summed E-state index contributed by atoms with van der Waals surface area (Å²) in [7, 11) is 1.99. The van der Waals surface area contributed by atoms with Crippen LogP contribution in [0.2, 0.25) is 0 Å². The van der Waals surface area contributed by atoms with E-state index in [2.05, 4.69) is 10.2 Å². The highest BCUT2D eigenvalue weighted by atomic mass is 19.4. The van der Waals surface area contributed by atoms with Crippen LogP contribution in [0.3, 0.4) is 0 Å². The SMILES string of the molecule is CN1CCCC1CNc1ccc(C(F)(F)F)cc1F. The Labute approximate surface area is 109 Å². The Balaban J connectivity index is 2.01. The van der Waals surface area contributed by atoms with Gasteiger partial charge in [0.05, 0.1) is 11.3 Å². The number of alkyl halides is 3. The molecule has 1 aliphatic rings. The monoisotopic (exact) mass is 276 g/mol. The van der Waals surface area contributed by atoms with Gasteiger partial charge in [-0.2, -0.15) is 13.2 Å². The number of nitrogens with zero attached hydrogens (tertiary/aromatic N) is 1. The van der Waals surface area contributed by atoms with E-state index in [0.717, 1.165) is 31.5 Å². The van der Waals surface area contributed by atoms with Crippen molar-refractivity contribution in [3.8, 4) is 0 Å². The summed E-state index contributed by atoms with van der Waals surface area (Å²) in [6.45, 7) is 1.54. The van der Waals surface area contributed by atoms with Crippen LogP contribution in [0.4, 0.5) is 23.2 Å². The van der Waals surface area contributed by atoms with Gasteiger partial charge >= 0.3 is 6.18 Å². The molecule has 0 bridgehead atoms. The summed E-state index contributed by atoms with van der Waals surface area (Å²) in [5.41, 5.74) is -0.846. The molecule has 1 N–H and O–H groups in total. The van der Waals surface area contributed by atoms with Gasteiger partial charge in [-0.3, -0.25) is 0 Å². The first-order valence-electron chi connectivity index (χ1n) is 6.19. The van der Waals surface area contributed by atoms with Gasteiger partial charge in [0.2, 0.25) is 0 Å². The van der Waals surface area contributed by atoms with Crippen molar-refractivity contribution in [2.45, 2.75) is 25.1 Å². The van der Waals surface area contributed by atoms with E-state index < -0.39 is 17.6 Å². The van der Waals surface area contributed by atoms with Crippen molar-refractivity contribution in [1.29, 1.82) is 0 Å². The molecule has 1 saturated heterocycles. The Kier molecular flexibility index (Phi) is 3.99. The number of likely N-dealkylation sites (tertiary alicyclic amines) is 1. The van der Waals surface area contributed by atoms with Crippen LogP contribution >= 0.6 is 0 Å². The summed E-state index contributed by atoms with van der Waals surface area (Å²) >= 11 is 0. The maximum Gasteiger partial charge on any atom is 0.416 e. The lowest BCUT2D eigenvalue weighted by Crippen LogP contribution is -2.31. The summed E-state index contributed by atoms with van der Waals surface area (Å²) in [6.07, 6.45) is -2.39. The molecular weight excluding hydrogens is 260 g/mol. The van der Waals surface area contributed by atoms with Crippen LogP contribution in [0.25, 0.3) is 0 Å². The minimum atomic E-state index is -4.51. The molecule has 6 heteroatoms. The molecule has 0 amide bonds. The lowest BCUT2D eigenvalue weighted by Gasteiger charge is -2.20. The van der Waals surface area contributed by atoms with Gasteiger partial charge < -0.3 is 10.2 Å². The largest absolute Gasteiger partial charge is 0.416 e. The summed E-state index contributed by atoms with van der Waals surface area (Å²) in [6, 6.07) is 2.87. The second-order valence-electron chi connectivity index (χ2n) is 4.85. The normalized spacial score (nSPS) is 20.8. The Hall–Kier alpha value is -1.30. The maximum atomic E-state index is 13.6. The Morgan fingerprint density at radius 3 is 2.63 bits per heavy atom. The van der Waals surface area contributed by atoms with Crippen molar-refractivity contribution >= 4 is 5.69 Å². The molecule has 106 valence electrons. The number of nitrogens with one attached hydrogen (secondary N) is 1. The van der Waals surface area contributed by atoms with Crippen molar-refractivity contribution in [2.24, 2.45) is 0 Å². The van der Waals surface area contributed by atoms with Crippen LogP contribution < -0.4 is 5.32 Å². The van der Waals surface area contributed by atoms with Crippen LogP contribution in [0.1, 0.15) is 18.4 Å². The third-order valence-electron chi connectivity index (χ3n) is 3.50. The van der Waals surface area contributed by atoms with E-state index in [0.29, 0.717) is 18.7 Å². The Bertz CT molecular complexity index is 445. The second-order valence-corrected chi connectivity index (χ2v) is 4.85. The van der Waals surface area contributed by atoms with Crippen LogP contribution in [0.15, 0.2) is 18.2 Å². The molecule has 1 fully saturated rings. The van der Waals surface area contributed by atoms with E-state index in [1.165, 1.54) is 0 Å². The van der Waals surface area contributed by atoms with Crippen molar-refractivity contribution in [3.63, 3.8) is 0 Å². The molecule has 0 spiro atoms. The van der Waals surface area contributed by atoms with E-state index >= 15 is 0 Å². The highest BCUT2D eigenvalue weighted by molar-refractivity contribution is 5.47. The minimum absolute atomic E-state index is 0.119. The fraction of sp³-hybridized carbons (Fsp3) is 0.538.